The number of methoxy groups -OCH3 is 1. The van der Waals surface area contributed by atoms with E-state index in [1.165, 1.54) is 0 Å². The average Bonchev–Trinajstić information content (AvgIpc) is 2.80. The number of carbonyl (C=O) groups excluding carboxylic acids is 1. The van der Waals surface area contributed by atoms with E-state index in [1.807, 2.05) is 91.3 Å². The minimum atomic E-state index is -0.0969. The number of rotatable bonds is 5. The smallest absolute Gasteiger partial charge is 0.242 e. The molecule has 0 N–H and O–H groups in total. The minimum absolute atomic E-state index is 0.00939. The standard InChI is InChI=1S/C25H24N2O3/c1-17(18-12-14-19(30-3)15-13-18)26(2)24(28)16-27-22-10-6-4-8-20(22)25(29)21-9-5-7-11-23(21)27/h4-15,17H,16H2,1-3H3/t17-/m1/s1. The SMILES string of the molecule is COc1ccc([C@@H](C)N(C)C(=O)Cn2c3ccccc3c(=O)c3ccccc32)cc1. The van der Waals surface area contributed by atoms with Crippen LogP contribution in [-0.2, 0) is 11.3 Å². The molecule has 5 nitrogen and oxygen atoms in total. The van der Waals surface area contributed by atoms with Gasteiger partial charge in [0.25, 0.3) is 0 Å². The highest BCUT2D eigenvalue weighted by atomic mass is 16.5. The first kappa shape index (κ1) is 19.7. The van der Waals surface area contributed by atoms with Gasteiger partial charge < -0.3 is 14.2 Å². The number of amides is 1. The third-order valence-electron chi connectivity index (χ3n) is 5.74. The van der Waals surface area contributed by atoms with Gasteiger partial charge in [0, 0.05) is 17.8 Å². The Morgan fingerprint density at radius 2 is 1.47 bits per heavy atom. The molecule has 1 amide bonds. The van der Waals surface area contributed by atoms with Crippen LogP contribution in [0.15, 0.2) is 77.6 Å². The summed E-state index contributed by atoms with van der Waals surface area (Å²) in [5.41, 5.74) is 2.55. The van der Waals surface area contributed by atoms with Crippen molar-refractivity contribution in [2.45, 2.75) is 19.5 Å². The first-order valence-electron chi connectivity index (χ1n) is 9.91. The zero-order valence-electron chi connectivity index (χ0n) is 17.3. The van der Waals surface area contributed by atoms with E-state index in [0.29, 0.717) is 10.8 Å². The summed E-state index contributed by atoms with van der Waals surface area (Å²) in [6.45, 7) is 2.15. The molecule has 0 aliphatic rings. The van der Waals surface area contributed by atoms with Crippen LogP contribution >= 0.6 is 0 Å². The van der Waals surface area contributed by atoms with Crippen molar-refractivity contribution in [2.24, 2.45) is 0 Å². The van der Waals surface area contributed by atoms with Crippen molar-refractivity contribution < 1.29 is 9.53 Å². The van der Waals surface area contributed by atoms with Crippen molar-refractivity contribution in [3.8, 4) is 5.75 Å². The maximum atomic E-state index is 13.2. The first-order valence-corrected chi connectivity index (χ1v) is 9.91. The Balaban J connectivity index is 1.71. The quantitative estimate of drug-likeness (QED) is 0.467. The molecule has 152 valence electrons. The fourth-order valence-electron chi connectivity index (χ4n) is 3.82. The van der Waals surface area contributed by atoms with Crippen molar-refractivity contribution in [3.63, 3.8) is 0 Å². The lowest BCUT2D eigenvalue weighted by Crippen LogP contribution is -2.33. The predicted molar refractivity (Wildman–Crippen MR) is 120 cm³/mol. The summed E-state index contributed by atoms with van der Waals surface area (Å²) in [6, 6.07) is 22.5. The third kappa shape index (κ3) is 3.43. The zero-order chi connectivity index (χ0) is 21.3. The van der Waals surface area contributed by atoms with Crippen LogP contribution in [-0.4, -0.2) is 29.5 Å². The molecule has 0 spiro atoms. The molecule has 3 aromatic carbocycles. The van der Waals surface area contributed by atoms with E-state index in [2.05, 4.69) is 0 Å². The van der Waals surface area contributed by atoms with Gasteiger partial charge in [-0.3, -0.25) is 9.59 Å². The van der Waals surface area contributed by atoms with E-state index in [0.717, 1.165) is 22.3 Å². The number of fused-ring (bicyclic) bond motifs is 2. The molecule has 0 saturated heterocycles. The maximum absolute atomic E-state index is 13.2. The van der Waals surface area contributed by atoms with Gasteiger partial charge in [-0.25, -0.2) is 0 Å². The lowest BCUT2D eigenvalue weighted by molar-refractivity contribution is -0.132. The molecule has 0 fully saturated rings. The van der Waals surface area contributed by atoms with Crippen LogP contribution in [0.5, 0.6) is 5.75 Å². The minimum Gasteiger partial charge on any atom is -0.497 e. The van der Waals surface area contributed by atoms with Gasteiger partial charge in [0.2, 0.25) is 5.91 Å². The summed E-state index contributed by atoms with van der Waals surface area (Å²) in [7, 11) is 3.44. The van der Waals surface area contributed by atoms with Crippen molar-refractivity contribution in [1.82, 2.24) is 9.47 Å². The predicted octanol–water partition coefficient (Wildman–Crippen LogP) is 4.38. The first-order chi connectivity index (χ1) is 14.5. The Morgan fingerprint density at radius 3 is 2.00 bits per heavy atom. The van der Waals surface area contributed by atoms with Gasteiger partial charge in [-0.05, 0) is 48.9 Å². The largest absolute Gasteiger partial charge is 0.497 e. The number of benzene rings is 3. The summed E-state index contributed by atoms with van der Waals surface area (Å²) in [5.74, 6) is 0.753. The van der Waals surface area contributed by atoms with Gasteiger partial charge in [0.05, 0.1) is 24.2 Å². The molecule has 1 heterocycles. The van der Waals surface area contributed by atoms with Gasteiger partial charge in [0.15, 0.2) is 5.43 Å². The van der Waals surface area contributed by atoms with Gasteiger partial charge in [0.1, 0.15) is 12.3 Å². The van der Waals surface area contributed by atoms with Crippen molar-refractivity contribution in [2.75, 3.05) is 14.2 Å². The summed E-state index contributed by atoms with van der Waals surface area (Å²) in [5, 5.41) is 1.24. The van der Waals surface area contributed by atoms with E-state index in [1.54, 1.807) is 12.0 Å². The number of pyridine rings is 1. The van der Waals surface area contributed by atoms with Gasteiger partial charge in [-0.15, -0.1) is 0 Å². The molecule has 0 aliphatic heterocycles. The van der Waals surface area contributed by atoms with Gasteiger partial charge in [-0.1, -0.05) is 36.4 Å². The summed E-state index contributed by atoms with van der Waals surface area (Å²) in [4.78, 5) is 27.9. The highest BCUT2D eigenvalue weighted by Crippen LogP contribution is 2.23. The molecule has 0 unspecified atom stereocenters. The second-order valence-corrected chi connectivity index (χ2v) is 7.40. The third-order valence-corrected chi connectivity index (χ3v) is 5.74. The molecule has 1 atom stereocenters. The van der Waals surface area contributed by atoms with Crippen LogP contribution in [0.4, 0.5) is 0 Å². The van der Waals surface area contributed by atoms with Gasteiger partial charge >= 0.3 is 0 Å². The molecule has 0 aliphatic carbocycles. The zero-order valence-corrected chi connectivity index (χ0v) is 17.3. The molecule has 0 saturated carbocycles. The molecular formula is C25H24N2O3. The average molecular weight is 400 g/mol. The van der Waals surface area contributed by atoms with Crippen molar-refractivity contribution >= 4 is 27.7 Å². The Kier molecular flexibility index (Phi) is 5.27. The summed E-state index contributed by atoms with van der Waals surface area (Å²) >= 11 is 0. The van der Waals surface area contributed by atoms with E-state index in [4.69, 9.17) is 4.74 Å². The Bertz CT molecular complexity index is 1220. The van der Waals surface area contributed by atoms with Crippen LogP contribution < -0.4 is 10.2 Å². The van der Waals surface area contributed by atoms with Crippen molar-refractivity contribution in [1.29, 1.82) is 0 Å². The number of aromatic nitrogens is 1. The van der Waals surface area contributed by atoms with E-state index in [-0.39, 0.29) is 23.9 Å². The normalized spacial score (nSPS) is 12.1. The highest BCUT2D eigenvalue weighted by molar-refractivity contribution is 5.94. The lowest BCUT2D eigenvalue weighted by atomic mass is 10.1. The fourth-order valence-corrected chi connectivity index (χ4v) is 3.82. The number of nitrogens with zero attached hydrogens (tertiary/aromatic N) is 2. The van der Waals surface area contributed by atoms with Crippen molar-refractivity contribution in [3.05, 3.63) is 88.6 Å². The number of para-hydroxylation sites is 2. The number of ether oxygens (including phenoxy) is 1. The summed E-state index contributed by atoms with van der Waals surface area (Å²) < 4.78 is 7.15. The van der Waals surface area contributed by atoms with Crippen LogP contribution in [0, 0.1) is 0 Å². The second kappa shape index (κ2) is 8.03. The molecule has 4 aromatic rings. The highest BCUT2D eigenvalue weighted by Gasteiger charge is 2.20. The Morgan fingerprint density at radius 1 is 0.933 bits per heavy atom. The molecule has 0 bridgehead atoms. The van der Waals surface area contributed by atoms with Crippen LogP contribution in [0.1, 0.15) is 18.5 Å². The number of hydrogen-bond acceptors (Lipinski definition) is 3. The maximum Gasteiger partial charge on any atom is 0.242 e. The van der Waals surface area contributed by atoms with E-state index in [9.17, 15) is 9.59 Å². The molecule has 5 heteroatoms. The Labute approximate surface area is 175 Å². The second-order valence-electron chi connectivity index (χ2n) is 7.40. The van der Waals surface area contributed by atoms with Crippen LogP contribution in [0.25, 0.3) is 21.8 Å². The number of carbonyl (C=O) groups is 1. The van der Waals surface area contributed by atoms with Gasteiger partial charge in [-0.2, -0.15) is 0 Å². The van der Waals surface area contributed by atoms with E-state index < -0.39 is 0 Å². The Hall–Kier alpha value is -3.60. The fraction of sp³-hybridized carbons (Fsp3) is 0.200. The molecule has 0 radical (unpaired) electrons. The van der Waals surface area contributed by atoms with E-state index >= 15 is 0 Å². The lowest BCUT2D eigenvalue weighted by Gasteiger charge is -2.27. The molecular weight excluding hydrogens is 376 g/mol. The topological polar surface area (TPSA) is 51.5 Å². The number of hydrogen-bond donors (Lipinski definition) is 0. The molecule has 4 rings (SSSR count). The molecule has 30 heavy (non-hydrogen) atoms. The number of likely N-dealkylation sites (N-methyl/N-ethyl adjacent to an activating group) is 1. The molecule has 1 aromatic heterocycles. The van der Waals surface area contributed by atoms with Crippen LogP contribution in [0.2, 0.25) is 0 Å². The summed E-state index contributed by atoms with van der Waals surface area (Å²) in [6.07, 6.45) is 0. The van der Waals surface area contributed by atoms with Crippen LogP contribution in [0.3, 0.4) is 0 Å². The monoisotopic (exact) mass is 400 g/mol.